The van der Waals surface area contributed by atoms with Crippen molar-refractivity contribution in [3.05, 3.63) is 53.9 Å². The van der Waals surface area contributed by atoms with Gasteiger partial charge in [0.05, 0.1) is 11.0 Å². The summed E-state index contributed by atoms with van der Waals surface area (Å²) in [7, 11) is 1.99. The van der Waals surface area contributed by atoms with Crippen LogP contribution in [0.3, 0.4) is 0 Å². The number of rotatable bonds is 7. The number of aryl methyl sites for hydroxylation is 1. The van der Waals surface area contributed by atoms with E-state index in [4.69, 9.17) is 9.84 Å². The highest BCUT2D eigenvalue weighted by Crippen LogP contribution is 2.23. The third kappa shape index (κ3) is 4.16. The maximum atomic E-state index is 10.9. The number of aliphatic carboxylic acids is 1. The molecule has 1 aromatic heterocycles. The number of fused-ring (bicyclic) bond motifs is 1. The van der Waals surface area contributed by atoms with Gasteiger partial charge in [0, 0.05) is 11.9 Å². The Hall–Kier alpha value is -2.12. The number of nitrogens with zero attached hydrogens (tertiary/aromatic N) is 2. The van der Waals surface area contributed by atoms with Gasteiger partial charge in [-0.05, 0) is 48.6 Å². The lowest BCUT2D eigenvalue weighted by molar-refractivity contribution is -0.136. The van der Waals surface area contributed by atoms with E-state index < -0.39 is 11.2 Å². The standard InChI is InChI=1S/C19H20N2O3S2/c1-21-16-10-14(26-2)7-8-15(16)20-18(21)11-24-13-5-3-12(4-6-13)9-17(25)19(22)23/h3-8,10,17,25H,9,11H2,1-2H3,(H,22,23). The summed E-state index contributed by atoms with van der Waals surface area (Å²) in [5.41, 5.74) is 2.94. The van der Waals surface area contributed by atoms with Gasteiger partial charge in [-0.15, -0.1) is 11.8 Å². The predicted octanol–water partition coefficient (Wildman–Crippen LogP) is 3.80. The summed E-state index contributed by atoms with van der Waals surface area (Å²) in [5, 5.41) is 8.21. The highest BCUT2D eigenvalue weighted by molar-refractivity contribution is 7.98. The van der Waals surface area contributed by atoms with Crippen LogP contribution in [0.25, 0.3) is 11.0 Å². The molecule has 3 aromatic rings. The molecule has 1 N–H and O–H groups in total. The van der Waals surface area contributed by atoms with E-state index in [9.17, 15) is 4.79 Å². The van der Waals surface area contributed by atoms with Crippen molar-refractivity contribution in [2.45, 2.75) is 23.2 Å². The molecule has 0 fully saturated rings. The molecule has 0 radical (unpaired) electrons. The van der Waals surface area contributed by atoms with E-state index in [1.807, 2.05) is 41.9 Å². The van der Waals surface area contributed by atoms with Crippen molar-refractivity contribution in [1.29, 1.82) is 0 Å². The predicted molar refractivity (Wildman–Crippen MR) is 107 cm³/mol. The van der Waals surface area contributed by atoms with Crippen LogP contribution in [0.2, 0.25) is 0 Å². The summed E-state index contributed by atoms with van der Waals surface area (Å²) >= 11 is 5.76. The molecule has 0 aliphatic carbocycles. The molecule has 0 bridgehead atoms. The second-order valence-corrected chi connectivity index (χ2v) is 7.44. The number of ether oxygens (including phenoxy) is 1. The third-order valence-corrected chi connectivity index (χ3v) is 5.31. The van der Waals surface area contributed by atoms with Crippen LogP contribution in [0.15, 0.2) is 47.4 Å². The molecule has 5 nitrogen and oxygen atoms in total. The molecule has 1 atom stereocenters. The molecule has 1 heterocycles. The van der Waals surface area contributed by atoms with Crippen molar-refractivity contribution in [3.63, 3.8) is 0 Å². The second-order valence-electron chi connectivity index (χ2n) is 5.93. The van der Waals surface area contributed by atoms with Crippen LogP contribution in [0.1, 0.15) is 11.4 Å². The number of carboxylic acid groups (broad SMARTS) is 1. The Bertz CT molecular complexity index is 922. The number of carbonyl (C=O) groups is 1. The number of imidazole rings is 1. The highest BCUT2D eigenvalue weighted by atomic mass is 32.2. The van der Waals surface area contributed by atoms with E-state index >= 15 is 0 Å². The largest absolute Gasteiger partial charge is 0.486 e. The molecule has 26 heavy (non-hydrogen) atoms. The Morgan fingerprint density at radius 3 is 2.69 bits per heavy atom. The Morgan fingerprint density at radius 1 is 1.31 bits per heavy atom. The van der Waals surface area contributed by atoms with Crippen LogP contribution in [0.5, 0.6) is 5.75 Å². The van der Waals surface area contributed by atoms with Crippen molar-refractivity contribution in [3.8, 4) is 5.75 Å². The molecule has 136 valence electrons. The number of hydrogen-bond acceptors (Lipinski definition) is 5. The van der Waals surface area contributed by atoms with Gasteiger partial charge in [-0.25, -0.2) is 4.98 Å². The van der Waals surface area contributed by atoms with Gasteiger partial charge in [0.2, 0.25) is 0 Å². The molecule has 7 heteroatoms. The molecule has 0 saturated carbocycles. The van der Waals surface area contributed by atoms with Crippen LogP contribution >= 0.6 is 24.4 Å². The van der Waals surface area contributed by atoms with E-state index in [2.05, 4.69) is 36.0 Å². The van der Waals surface area contributed by atoms with Gasteiger partial charge in [0.1, 0.15) is 23.4 Å². The number of hydrogen-bond donors (Lipinski definition) is 2. The lowest BCUT2D eigenvalue weighted by Gasteiger charge is -2.09. The van der Waals surface area contributed by atoms with Gasteiger partial charge in [-0.1, -0.05) is 12.1 Å². The molecule has 3 rings (SSSR count). The highest BCUT2D eigenvalue weighted by Gasteiger charge is 2.13. The lowest BCUT2D eigenvalue weighted by atomic mass is 10.1. The van der Waals surface area contributed by atoms with Gasteiger partial charge < -0.3 is 14.4 Å². The van der Waals surface area contributed by atoms with Crippen LogP contribution < -0.4 is 4.74 Å². The first-order valence-corrected chi connectivity index (χ1v) is 9.84. The summed E-state index contributed by atoms with van der Waals surface area (Å²) in [6.07, 6.45) is 2.43. The fourth-order valence-corrected chi connectivity index (χ4v) is 3.30. The zero-order valence-electron chi connectivity index (χ0n) is 14.5. The second kappa shape index (κ2) is 8.05. The maximum absolute atomic E-state index is 10.9. The average Bonchev–Trinajstić information content (AvgIpc) is 2.96. The van der Waals surface area contributed by atoms with Crippen molar-refractivity contribution in [2.75, 3.05) is 6.26 Å². The average molecular weight is 389 g/mol. The minimum absolute atomic E-state index is 0.365. The molecule has 0 aliphatic rings. The topological polar surface area (TPSA) is 64.3 Å². The smallest absolute Gasteiger partial charge is 0.316 e. The van der Waals surface area contributed by atoms with Crippen molar-refractivity contribution in [2.24, 2.45) is 7.05 Å². The summed E-state index contributed by atoms with van der Waals surface area (Å²) in [6, 6.07) is 13.6. The Balaban J connectivity index is 1.68. The fraction of sp³-hybridized carbons (Fsp3) is 0.263. The number of thiol groups is 1. The maximum Gasteiger partial charge on any atom is 0.316 e. The zero-order valence-corrected chi connectivity index (χ0v) is 16.3. The first kappa shape index (κ1) is 18.7. The minimum Gasteiger partial charge on any atom is -0.486 e. The molecular weight excluding hydrogens is 368 g/mol. The summed E-state index contributed by atoms with van der Waals surface area (Å²) in [4.78, 5) is 16.7. The summed E-state index contributed by atoms with van der Waals surface area (Å²) in [6.45, 7) is 0.365. The minimum atomic E-state index is -0.917. The molecule has 1 unspecified atom stereocenters. The normalized spacial score (nSPS) is 12.3. The number of thioether (sulfide) groups is 1. The van der Waals surface area contributed by atoms with Crippen LogP contribution in [0, 0.1) is 0 Å². The van der Waals surface area contributed by atoms with Crippen molar-refractivity contribution in [1.82, 2.24) is 9.55 Å². The molecule has 0 amide bonds. The fourth-order valence-electron chi connectivity index (χ4n) is 2.66. The SMILES string of the molecule is CSc1ccc2nc(COc3ccc(CC(S)C(=O)O)cc3)n(C)c2c1. The summed E-state index contributed by atoms with van der Waals surface area (Å²) in [5.74, 6) is 0.653. The molecule has 0 aliphatic heterocycles. The van der Waals surface area contributed by atoms with Gasteiger partial charge in [0.25, 0.3) is 0 Å². The van der Waals surface area contributed by atoms with E-state index in [0.29, 0.717) is 13.0 Å². The van der Waals surface area contributed by atoms with Crippen LogP contribution in [-0.2, 0) is 24.9 Å². The van der Waals surface area contributed by atoms with Crippen LogP contribution in [-0.4, -0.2) is 32.1 Å². The lowest BCUT2D eigenvalue weighted by Crippen LogP contribution is -2.16. The van der Waals surface area contributed by atoms with Crippen molar-refractivity contribution < 1.29 is 14.6 Å². The first-order chi connectivity index (χ1) is 12.5. The van der Waals surface area contributed by atoms with Gasteiger partial charge in [-0.3, -0.25) is 4.79 Å². The van der Waals surface area contributed by atoms with E-state index in [0.717, 1.165) is 28.2 Å². The number of aromatic nitrogens is 2. The Labute approximate surface area is 161 Å². The van der Waals surface area contributed by atoms with E-state index in [-0.39, 0.29) is 0 Å². The van der Waals surface area contributed by atoms with Gasteiger partial charge in [-0.2, -0.15) is 12.6 Å². The zero-order chi connectivity index (χ0) is 18.7. The number of benzene rings is 2. The van der Waals surface area contributed by atoms with Crippen LogP contribution in [0.4, 0.5) is 0 Å². The van der Waals surface area contributed by atoms with E-state index in [1.165, 1.54) is 4.90 Å². The van der Waals surface area contributed by atoms with Gasteiger partial charge in [0.15, 0.2) is 0 Å². The molecule has 2 aromatic carbocycles. The molecular formula is C19H20N2O3S2. The quantitative estimate of drug-likeness (QED) is 0.476. The van der Waals surface area contributed by atoms with Gasteiger partial charge >= 0.3 is 5.97 Å². The Kier molecular flexibility index (Phi) is 5.78. The first-order valence-electron chi connectivity index (χ1n) is 8.10. The third-order valence-electron chi connectivity index (χ3n) is 4.19. The monoisotopic (exact) mass is 388 g/mol. The number of carboxylic acids is 1. The molecule has 0 spiro atoms. The summed E-state index contributed by atoms with van der Waals surface area (Å²) < 4.78 is 7.89. The van der Waals surface area contributed by atoms with Crippen molar-refractivity contribution >= 4 is 41.4 Å². The Morgan fingerprint density at radius 2 is 2.04 bits per heavy atom. The molecule has 0 saturated heterocycles. The van der Waals surface area contributed by atoms with E-state index in [1.54, 1.807) is 11.8 Å².